The highest BCUT2D eigenvalue weighted by molar-refractivity contribution is 5.75. The first kappa shape index (κ1) is 9.77. The number of imidazole rings is 1. The van der Waals surface area contributed by atoms with Crippen molar-refractivity contribution in [2.24, 2.45) is 7.05 Å². The van der Waals surface area contributed by atoms with Gasteiger partial charge in [0.2, 0.25) is 5.91 Å². The lowest BCUT2D eigenvalue weighted by Crippen LogP contribution is -2.24. The SMILES string of the molecule is CCC(=O)NCCc1cn(C)cn1. The second-order valence-corrected chi connectivity index (χ2v) is 2.98. The van der Waals surface area contributed by atoms with Crippen LogP contribution in [0.25, 0.3) is 0 Å². The standard InChI is InChI=1S/C9H15N3O/c1-3-9(13)10-5-4-8-6-12(2)7-11-8/h6-7H,3-5H2,1-2H3,(H,10,13). The summed E-state index contributed by atoms with van der Waals surface area (Å²) in [5.41, 5.74) is 1.01. The zero-order valence-electron chi connectivity index (χ0n) is 8.08. The fourth-order valence-corrected chi connectivity index (χ4v) is 1.05. The lowest BCUT2D eigenvalue weighted by molar-refractivity contribution is -0.120. The maximum atomic E-state index is 10.9. The van der Waals surface area contributed by atoms with Crippen LogP contribution in [0.4, 0.5) is 0 Å². The average molecular weight is 181 g/mol. The number of amides is 1. The molecule has 0 saturated heterocycles. The van der Waals surface area contributed by atoms with E-state index in [1.165, 1.54) is 0 Å². The van der Waals surface area contributed by atoms with E-state index in [-0.39, 0.29) is 5.91 Å². The molecule has 1 heterocycles. The van der Waals surface area contributed by atoms with Gasteiger partial charge in [0, 0.05) is 32.6 Å². The van der Waals surface area contributed by atoms with E-state index in [9.17, 15) is 4.79 Å². The van der Waals surface area contributed by atoms with Gasteiger partial charge in [-0.1, -0.05) is 6.92 Å². The van der Waals surface area contributed by atoms with Crippen molar-refractivity contribution in [3.8, 4) is 0 Å². The van der Waals surface area contributed by atoms with Gasteiger partial charge in [-0.3, -0.25) is 4.79 Å². The van der Waals surface area contributed by atoms with Gasteiger partial charge in [0.25, 0.3) is 0 Å². The highest BCUT2D eigenvalue weighted by Gasteiger charge is 1.98. The molecule has 4 nitrogen and oxygen atoms in total. The van der Waals surface area contributed by atoms with Gasteiger partial charge in [-0.25, -0.2) is 4.98 Å². The van der Waals surface area contributed by atoms with Crippen LogP contribution in [0.3, 0.4) is 0 Å². The summed E-state index contributed by atoms with van der Waals surface area (Å²) >= 11 is 0. The number of aryl methyl sites for hydroxylation is 1. The van der Waals surface area contributed by atoms with Gasteiger partial charge >= 0.3 is 0 Å². The van der Waals surface area contributed by atoms with Gasteiger partial charge in [-0.05, 0) is 0 Å². The summed E-state index contributed by atoms with van der Waals surface area (Å²) < 4.78 is 1.90. The lowest BCUT2D eigenvalue weighted by atomic mass is 10.3. The van der Waals surface area contributed by atoms with Crippen molar-refractivity contribution in [1.82, 2.24) is 14.9 Å². The van der Waals surface area contributed by atoms with Crippen LogP contribution < -0.4 is 5.32 Å². The van der Waals surface area contributed by atoms with Crippen molar-refractivity contribution in [3.05, 3.63) is 18.2 Å². The smallest absolute Gasteiger partial charge is 0.219 e. The first-order chi connectivity index (χ1) is 6.22. The molecular weight excluding hydrogens is 166 g/mol. The van der Waals surface area contributed by atoms with E-state index in [0.29, 0.717) is 13.0 Å². The maximum absolute atomic E-state index is 10.9. The van der Waals surface area contributed by atoms with Gasteiger partial charge in [0.1, 0.15) is 0 Å². The van der Waals surface area contributed by atoms with Crippen molar-refractivity contribution in [1.29, 1.82) is 0 Å². The third-order valence-corrected chi connectivity index (χ3v) is 1.78. The van der Waals surface area contributed by atoms with E-state index < -0.39 is 0 Å². The molecule has 1 amide bonds. The second kappa shape index (κ2) is 4.64. The van der Waals surface area contributed by atoms with Crippen LogP contribution in [0.15, 0.2) is 12.5 Å². The first-order valence-corrected chi connectivity index (χ1v) is 4.46. The van der Waals surface area contributed by atoms with Crippen molar-refractivity contribution in [2.45, 2.75) is 19.8 Å². The predicted molar refractivity (Wildman–Crippen MR) is 50.2 cm³/mol. The minimum absolute atomic E-state index is 0.0935. The fraction of sp³-hybridized carbons (Fsp3) is 0.556. The Morgan fingerprint density at radius 3 is 3.00 bits per heavy atom. The second-order valence-electron chi connectivity index (χ2n) is 2.98. The van der Waals surface area contributed by atoms with Crippen molar-refractivity contribution >= 4 is 5.91 Å². The van der Waals surface area contributed by atoms with Crippen LogP contribution >= 0.6 is 0 Å². The van der Waals surface area contributed by atoms with Crippen LogP contribution in [0.1, 0.15) is 19.0 Å². The Kier molecular flexibility index (Phi) is 3.49. The summed E-state index contributed by atoms with van der Waals surface area (Å²) in [6.07, 6.45) is 5.06. The molecule has 0 atom stereocenters. The number of nitrogens with one attached hydrogen (secondary N) is 1. The fourth-order valence-electron chi connectivity index (χ4n) is 1.05. The van der Waals surface area contributed by atoms with Gasteiger partial charge in [-0.2, -0.15) is 0 Å². The Balaban J connectivity index is 2.24. The van der Waals surface area contributed by atoms with Crippen LogP contribution in [-0.4, -0.2) is 22.0 Å². The van der Waals surface area contributed by atoms with E-state index in [2.05, 4.69) is 10.3 Å². The topological polar surface area (TPSA) is 46.9 Å². The number of hydrogen-bond acceptors (Lipinski definition) is 2. The highest BCUT2D eigenvalue weighted by atomic mass is 16.1. The Bertz CT molecular complexity index is 280. The number of carbonyl (C=O) groups is 1. The molecule has 0 radical (unpaired) electrons. The molecule has 13 heavy (non-hydrogen) atoms. The zero-order valence-corrected chi connectivity index (χ0v) is 8.08. The molecule has 0 bridgehead atoms. The number of aromatic nitrogens is 2. The lowest BCUT2D eigenvalue weighted by Gasteiger charge is -2.00. The Morgan fingerprint density at radius 2 is 2.46 bits per heavy atom. The van der Waals surface area contributed by atoms with Crippen molar-refractivity contribution in [2.75, 3.05) is 6.54 Å². The molecule has 4 heteroatoms. The molecule has 0 aromatic carbocycles. The van der Waals surface area contributed by atoms with Crippen LogP contribution in [0.2, 0.25) is 0 Å². The highest BCUT2D eigenvalue weighted by Crippen LogP contribution is 1.93. The molecule has 0 unspecified atom stereocenters. The maximum Gasteiger partial charge on any atom is 0.219 e. The van der Waals surface area contributed by atoms with Gasteiger partial charge in [0.05, 0.1) is 12.0 Å². The molecule has 1 aromatic heterocycles. The van der Waals surface area contributed by atoms with E-state index in [1.807, 2.05) is 24.7 Å². The minimum atomic E-state index is 0.0935. The van der Waals surface area contributed by atoms with E-state index in [4.69, 9.17) is 0 Å². The summed E-state index contributed by atoms with van der Waals surface area (Å²) in [7, 11) is 1.93. The molecule has 72 valence electrons. The number of rotatable bonds is 4. The third kappa shape index (κ3) is 3.27. The zero-order chi connectivity index (χ0) is 9.68. The third-order valence-electron chi connectivity index (χ3n) is 1.78. The molecule has 1 rings (SSSR count). The van der Waals surface area contributed by atoms with E-state index in [1.54, 1.807) is 6.33 Å². The molecule has 1 N–H and O–H groups in total. The van der Waals surface area contributed by atoms with Crippen LogP contribution in [0, 0.1) is 0 Å². The Morgan fingerprint density at radius 1 is 1.69 bits per heavy atom. The molecule has 0 aliphatic heterocycles. The average Bonchev–Trinajstić information content (AvgIpc) is 2.51. The van der Waals surface area contributed by atoms with Crippen molar-refractivity contribution in [3.63, 3.8) is 0 Å². The molecule has 0 spiro atoms. The molecule has 0 saturated carbocycles. The van der Waals surface area contributed by atoms with Gasteiger partial charge in [0.15, 0.2) is 0 Å². The number of carbonyl (C=O) groups excluding carboxylic acids is 1. The van der Waals surface area contributed by atoms with E-state index >= 15 is 0 Å². The first-order valence-electron chi connectivity index (χ1n) is 4.46. The number of nitrogens with zero attached hydrogens (tertiary/aromatic N) is 2. The van der Waals surface area contributed by atoms with Crippen LogP contribution in [-0.2, 0) is 18.3 Å². The van der Waals surface area contributed by atoms with E-state index in [0.717, 1.165) is 12.1 Å². The molecule has 1 aromatic rings. The monoisotopic (exact) mass is 181 g/mol. The molecular formula is C9H15N3O. The predicted octanol–water partition coefficient (Wildman–Crippen LogP) is 0.489. The summed E-state index contributed by atoms with van der Waals surface area (Å²) in [5.74, 6) is 0.0935. The number of hydrogen-bond donors (Lipinski definition) is 1. The van der Waals surface area contributed by atoms with Crippen molar-refractivity contribution < 1.29 is 4.79 Å². The summed E-state index contributed by atoms with van der Waals surface area (Å²) in [6.45, 7) is 2.51. The van der Waals surface area contributed by atoms with Gasteiger partial charge < -0.3 is 9.88 Å². The largest absolute Gasteiger partial charge is 0.356 e. The molecule has 0 aliphatic rings. The molecule has 0 fully saturated rings. The summed E-state index contributed by atoms with van der Waals surface area (Å²) in [4.78, 5) is 15.0. The minimum Gasteiger partial charge on any atom is -0.356 e. The summed E-state index contributed by atoms with van der Waals surface area (Å²) in [5, 5.41) is 2.80. The quantitative estimate of drug-likeness (QED) is 0.734. The summed E-state index contributed by atoms with van der Waals surface area (Å²) in [6, 6.07) is 0. The normalized spacial score (nSPS) is 10.0. The van der Waals surface area contributed by atoms with Crippen LogP contribution in [0.5, 0.6) is 0 Å². The molecule has 0 aliphatic carbocycles. The Labute approximate surface area is 78.0 Å². The Hall–Kier alpha value is -1.32. The van der Waals surface area contributed by atoms with Gasteiger partial charge in [-0.15, -0.1) is 0 Å².